The number of hydrogen-bond acceptors (Lipinski definition) is 6. The third-order valence-electron chi connectivity index (χ3n) is 4.68. The number of carbonyl (C=O) groups is 2. The van der Waals surface area contributed by atoms with Gasteiger partial charge in [-0.1, -0.05) is 24.3 Å². The Bertz CT molecular complexity index is 998. The predicted molar refractivity (Wildman–Crippen MR) is 112 cm³/mol. The van der Waals surface area contributed by atoms with Crippen LogP contribution in [0.3, 0.4) is 0 Å². The fraction of sp³-hybridized carbons (Fsp3) is 0.333. The van der Waals surface area contributed by atoms with Crippen LogP contribution in [-0.4, -0.2) is 46.7 Å². The van der Waals surface area contributed by atoms with Crippen molar-refractivity contribution in [2.45, 2.75) is 24.7 Å². The van der Waals surface area contributed by atoms with E-state index in [0.29, 0.717) is 24.3 Å². The standard InChI is InChI=1S/C21H24N2O6S/c1-28-21(25)16-10-8-15(9-11-16)14-30(26,27)23-19-7-3-2-6-18(19)20(24)22-13-17-5-4-12-29-17/h2-3,6-11,17,23H,4-5,12-14H2,1H3,(H,22,24). The monoisotopic (exact) mass is 432 g/mol. The van der Waals surface area contributed by atoms with Gasteiger partial charge in [0.15, 0.2) is 0 Å². The van der Waals surface area contributed by atoms with E-state index in [4.69, 9.17) is 4.74 Å². The largest absolute Gasteiger partial charge is 0.465 e. The zero-order valence-corrected chi connectivity index (χ0v) is 17.4. The third-order valence-corrected chi connectivity index (χ3v) is 5.93. The lowest BCUT2D eigenvalue weighted by Gasteiger charge is -2.14. The maximum absolute atomic E-state index is 12.6. The van der Waals surface area contributed by atoms with Crippen molar-refractivity contribution in [3.05, 3.63) is 65.2 Å². The van der Waals surface area contributed by atoms with Crippen LogP contribution in [0, 0.1) is 0 Å². The number of carbonyl (C=O) groups excluding carboxylic acids is 2. The topological polar surface area (TPSA) is 111 Å². The van der Waals surface area contributed by atoms with Crippen molar-refractivity contribution in [1.29, 1.82) is 0 Å². The number of nitrogens with one attached hydrogen (secondary N) is 2. The van der Waals surface area contributed by atoms with Gasteiger partial charge in [-0.05, 0) is 42.7 Å². The lowest BCUT2D eigenvalue weighted by molar-refractivity contribution is 0.0600. The van der Waals surface area contributed by atoms with Gasteiger partial charge in [-0.15, -0.1) is 0 Å². The number of para-hydroxylation sites is 1. The van der Waals surface area contributed by atoms with Gasteiger partial charge >= 0.3 is 5.97 Å². The van der Waals surface area contributed by atoms with Gasteiger partial charge in [0.2, 0.25) is 10.0 Å². The van der Waals surface area contributed by atoms with Gasteiger partial charge in [0, 0.05) is 13.2 Å². The average molecular weight is 432 g/mol. The molecule has 2 N–H and O–H groups in total. The fourth-order valence-corrected chi connectivity index (χ4v) is 4.37. The second kappa shape index (κ2) is 9.73. The van der Waals surface area contributed by atoms with Crippen molar-refractivity contribution >= 4 is 27.6 Å². The number of methoxy groups -OCH3 is 1. The molecule has 30 heavy (non-hydrogen) atoms. The predicted octanol–water partition coefficient (Wildman–Crippen LogP) is 2.32. The first-order valence-corrected chi connectivity index (χ1v) is 11.2. The van der Waals surface area contributed by atoms with Gasteiger partial charge in [-0.2, -0.15) is 0 Å². The summed E-state index contributed by atoms with van der Waals surface area (Å²) in [7, 11) is -2.51. The molecule has 1 saturated heterocycles. The molecule has 0 saturated carbocycles. The number of rotatable bonds is 8. The third kappa shape index (κ3) is 5.80. The molecule has 1 fully saturated rings. The van der Waals surface area contributed by atoms with Gasteiger partial charge in [0.1, 0.15) is 0 Å². The highest BCUT2D eigenvalue weighted by Crippen LogP contribution is 2.19. The first-order valence-electron chi connectivity index (χ1n) is 9.54. The van der Waals surface area contributed by atoms with Crippen molar-refractivity contribution in [1.82, 2.24) is 5.32 Å². The molecule has 1 unspecified atom stereocenters. The molecule has 1 amide bonds. The highest BCUT2D eigenvalue weighted by atomic mass is 32.2. The van der Waals surface area contributed by atoms with Gasteiger partial charge in [0.25, 0.3) is 5.91 Å². The minimum absolute atomic E-state index is 0.00855. The minimum atomic E-state index is -3.78. The van der Waals surface area contributed by atoms with Crippen molar-refractivity contribution in [2.75, 3.05) is 25.0 Å². The van der Waals surface area contributed by atoms with Crippen LogP contribution in [0.5, 0.6) is 0 Å². The number of anilines is 1. The van der Waals surface area contributed by atoms with Crippen LogP contribution in [0.2, 0.25) is 0 Å². The Hall–Kier alpha value is -2.91. The van der Waals surface area contributed by atoms with E-state index in [1.54, 1.807) is 36.4 Å². The van der Waals surface area contributed by atoms with Gasteiger partial charge < -0.3 is 14.8 Å². The zero-order valence-electron chi connectivity index (χ0n) is 16.6. The molecule has 0 aliphatic carbocycles. The molecule has 8 nitrogen and oxygen atoms in total. The molecule has 0 spiro atoms. The summed E-state index contributed by atoms with van der Waals surface area (Å²) in [5.74, 6) is -1.17. The molecule has 2 aromatic rings. The number of benzene rings is 2. The molecule has 160 valence electrons. The molecule has 1 aliphatic rings. The van der Waals surface area contributed by atoms with Crippen molar-refractivity contribution in [3.8, 4) is 0 Å². The van der Waals surface area contributed by atoms with Crippen molar-refractivity contribution < 1.29 is 27.5 Å². The Balaban J connectivity index is 1.67. The van der Waals surface area contributed by atoms with Crippen molar-refractivity contribution in [2.24, 2.45) is 0 Å². The number of hydrogen-bond donors (Lipinski definition) is 2. The fourth-order valence-electron chi connectivity index (χ4n) is 3.16. The number of amides is 1. The molecule has 3 rings (SSSR count). The average Bonchev–Trinajstić information content (AvgIpc) is 3.25. The first kappa shape index (κ1) is 21.8. The smallest absolute Gasteiger partial charge is 0.337 e. The maximum atomic E-state index is 12.6. The molecule has 9 heteroatoms. The highest BCUT2D eigenvalue weighted by molar-refractivity contribution is 7.91. The molecule has 1 aliphatic heterocycles. The van der Waals surface area contributed by atoms with E-state index >= 15 is 0 Å². The van der Waals surface area contributed by atoms with E-state index < -0.39 is 16.0 Å². The molecular weight excluding hydrogens is 408 g/mol. The summed E-state index contributed by atoms with van der Waals surface area (Å²) >= 11 is 0. The zero-order chi connectivity index (χ0) is 21.6. The minimum Gasteiger partial charge on any atom is -0.465 e. The number of sulfonamides is 1. The van der Waals surface area contributed by atoms with Gasteiger partial charge in [-0.25, -0.2) is 13.2 Å². The summed E-state index contributed by atoms with van der Waals surface area (Å²) in [6, 6.07) is 12.5. The van der Waals surface area contributed by atoms with Crippen molar-refractivity contribution in [3.63, 3.8) is 0 Å². The summed E-state index contributed by atoms with van der Waals surface area (Å²) in [6.07, 6.45) is 1.85. The van der Waals surface area contributed by atoms with Crippen LogP contribution in [-0.2, 0) is 25.2 Å². The highest BCUT2D eigenvalue weighted by Gasteiger charge is 2.20. The van der Waals surface area contributed by atoms with E-state index in [9.17, 15) is 18.0 Å². The maximum Gasteiger partial charge on any atom is 0.337 e. The lowest BCUT2D eigenvalue weighted by Crippen LogP contribution is -2.32. The molecule has 2 aromatic carbocycles. The molecule has 0 aromatic heterocycles. The second-order valence-electron chi connectivity index (χ2n) is 6.94. The Morgan fingerprint density at radius 2 is 1.87 bits per heavy atom. The summed E-state index contributed by atoms with van der Waals surface area (Å²) in [5.41, 5.74) is 1.27. The van der Waals surface area contributed by atoms with Crippen LogP contribution in [0.15, 0.2) is 48.5 Å². The molecule has 1 heterocycles. The van der Waals surface area contributed by atoms with Gasteiger partial charge in [0.05, 0.1) is 35.8 Å². The molecule has 1 atom stereocenters. The quantitative estimate of drug-likeness (QED) is 0.620. The van der Waals surface area contributed by atoms with Crippen LogP contribution in [0.4, 0.5) is 5.69 Å². The molecular formula is C21H24N2O6S. The van der Waals surface area contributed by atoms with E-state index in [1.165, 1.54) is 19.2 Å². The van der Waals surface area contributed by atoms with E-state index in [2.05, 4.69) is 14.8 Å². The molecule has 0 radical (unpaired) electrons. The summed E-state index contributed by atoms with van der Waals surface area (Å²) in [6.45, 7) is 1.07. The second-order valence-corrected chi connectivity index (χ2v) is 8.66. The van der Waals surface area contributed by atoms with Crippen LogP contribution < -0.4 is 10.0 Å². The number of ether oxygens (including phenoxy) is 2. The Morgan fingerprint density at radius 1 is 1.13 bits per heavy atom. The molecule has 0 bridgehead atoms. The van der Waals surface area contributed by atoms with Crippen LogP contribution in [0.1, 0.15) is 39.1 Å². The summed E-state index contributed by atoms with van der Waals surface area (Å²) in [5, 5.41) is 2.80. The Morgan fingerprint density at radius 3 is 2.53 bits per heavy atom. The van der Waals surface area contributed by atoms with E-state index in [-0.39, 0.29) is 29.0 Å². The van der Waals surface area contributed by atoms with E-state index in [0.717, 1.165) is 12.8 Å². The number of esters is 1. The Kier molecular flexibility index (Phi) is 7.07. The lowest BCUT2D eigenvalue weighted by atomic mass is 10.1. The summed E-state index contributed by atoms with van der Waals surface area (Å²) in [4.78, 5) is 24.0. The van der Waals surface area contributed by atoms with Crippen LogP contribution in [0.25, 0.3) is 0 Å². The van der Waals surface area contributed by atoms with E-state index in [1.807, 2.05) is 0 Å². The Labute approximate surface area is 175 Å². The first-order chi connectivity index (χ1) is 14.4. The van der Waals surface area contributed by atoms with Crippen LogP contribution >= 0.6 is 0 Å². The summed E-state index contributed by atoms with van der Waals surface area (Å²) < 4.78 is 37.9. The SMILES string of the molecule is COC(=O)c1ccc(CS(=O)(=O)Nc2ccccc2C(=O)NCC2CCCO2)cc1. The normalized spacial score (nSPS) is 16.1. The van der Waals surface area contributed by atoms with Gasteiger partial charge in [-0.3, -0.25) is 9.52 Å².